The third-order valence-corrected chi connectivity index (χ3v) is 1.83. The Balaban J connectivity index is 2.67. The van der Waals surface area contributed by atoms with Crippen molar-refractivity contribution >= 4 is 5.71 Å². The molecule has 0 fully saturated rings. The molecule has 1 aliphatic carbocycles. The molecule has 0 aromatic heterocycles. The van der Waals surface area contributed by atoms with E-state index in [-0.39, 0.29) is 11.7 Å². The minimum atomic E-state index is -2.43. The summed E-state index contributed by atoms with van der Waals surface area (Å²) >= 11 is 0. The van der Waals surface area contributed by atoms with Gasteiger partial charge in [-0.3, -0.25) is 4.99 Å². The highest BCUT2D eigenvalue weighted by Crippen LogP contribution is 2.15. The van der Waals surface area contributed by atoms with Crippen molar-refractivity contribution in [2.75, 3.05) is 6.54 Å². The van der Waals surface area contributed by atoms with Crippen LogP contribution >= 0.6 is 0 Å². The predicted molar refractivity (Wildman–Crippen MR) is 47.3 cm³/mol. The second-order valence-electron chi connectivity index (χ2n) is 2.83. The number of aliphatic hydroxyl groups is 1. The number of alkyl halides is 2. The van der Waals surface area contributed by atoms with Crippen LogP contribution in [0, 0.1) is 5.92 Å². The van der Waals surface area contributed by atoms with Gasteiger partial charge in [0.2, 0.25) is 0 Å². The zero-order valence-electron chi connectivity index (χ0n) is 7.24. The largest absolute Gasteiger partial charge is 0.512 e. The van der Waals surface area contributed by atoms with E-state index in [4.69, 9.17) is 0 Å². The fourth-order valence-corrected chi connectivity index (χ4v) is 1.05. The zero-order valence-corrected chi connectivity index (χ0v) is 7.24. The second-order valence-corrected chi connectivity index (χ2v) is 2.83. The van der Waals surface area contributed by atoms with E-state index in [2.05, 4.69) is 4.99 Å². The molecular weight excluding hydrogens is 176 g/mol. The smallest absolute Gasteiger partial charge is 0.257 e. The lowest BCUT2D eigenvalue weighted by molar-refractivity contribution is 0.158. The van der Waals surface area contributed by atoms with Gasteiger partial charge < -0.3 is 5.11 Å². The van der Waals surface area contributed by atoms with Crippen LogP contribution in [0.4, 0.5) is 8.78 Å². The van der Waals surface area contributed by atoms with Crippen LogP contribution < -0.4 is 0 Å². The summed E-state index contributed by atoms with van der Waals surface area (Å²) in [6, 6.07) is 0. The molecule has 0 aromatic rings. The van der Waals surface area contributed by atoms with Crippen molar-refractivity contribution in [2.45, 2.75) is 13.3 Å². The summed E-state index contributed by atoms with van der Waals surface area (Å²) in [4.78, 5) is 3.69. The Kier molecular flexibility index (Phi) is 3.17. The fraction of sp³-hybridized carbons (Fsp3) is 0.444. The van der Waals surface area contributed by atoms with E-state index in [1.54, 1.807) is 19.1 Å². The SMILES string of the molecule is CC1C(O)=CC=C/C1=N/CC(F)F. The monoisotopic (exact) mass is 187 g/mol. The normalized spacial score (nSPS) is 25.4. The first-order valence-electron chi connectivity index (χ1n) is 4.01. The maximum atomic E-state index is 11.8. The zero-order chi connectivity index (χ0) is 9.84. The summed E-state index contributed by atoms with van der Waals surface area (Å²) in [6.45, 7) is 1.22. The summed E-state index contributed by atoms with van der Waals surface area (Å²) in [5.41, 5.74) is 0.500. The van der Waals surface area contributed by atoms with Crippen molar-refractivity contribution in [3.8, 4) is 0 Å². The summed E-state index contributed by atoms with van der Waals surface area (Å²) in [6.07, 6.45) is 2.33. The number of rotatable bonds is 2. The van der Waals surface area contributed by atoms with Crippen LogP contribution in [0.5, 0.6) is 0 Å². The van der Waals surface area contributed by atoms with Crippen LogP contribution in [-0.2, 0) is 0 Å². The molecule has 0 heterocycles. The van der Waals surface area contributed by atoms with Crippen molar-refractivity contribution in [3.63, 3.8) is 0 Å². The molecule has 1 unspecified atom stereocenters. The maximum Gasteiger partial charge on any atom is 0.257 e. The van der Waals surface area contributed by atoms with Gasteiger partial charge in [0.1, 0.15) is 12.3 Å². The molecule has 1 N–H and O–H groups in total. The molecule has 4 heteroatoms. The van der Waals surface area contributed by atoms with Gasteiger partial charge in [0.15, 0.2) is 0 Å². The molecule has 0 aromatic carbocycles. The number of aliphatic imine (C=N–C) groups is 1. The highest BCUT2D eigenvalue weighted by molar-refractivity contribution is 5.99. The lowest BCUT2D eigenvalue weighted by Crippen LogP contribution is -2.15. The third kappa shape index (κ3) is 2.65. The molecule has 1 atom stereocenters. The van der Waals surface area contributed by atoms with Gasteiger partial charge in [0.05, 0.1) is 5.92 Å². The Hall–Kier alpha value is -1.19. The van der Waals surface area contributed by atoms with Crippen molar-refractivity contribution in [2.24, 2.45) is 10.9 Å². The molecule has 0 radical (unpaired) electrons. The van der Waals surface area contributed by atoms with Gasteiger partial charge in [-0.25, -0.2) is 8.78 Å². The lowest BCUT2D eigenvalue weighted by atomic mass is 9.98. The van der Waals surface area contributed by atoms with Gasteiger partial charge in [0, 0.05) is 5.71 Å². The first-order chi connectivity index (χ1) is 6.11. The quantitative estimate of drug-likeness (QED) is 0.707. The number of allylic oxidation sites excluding steroid dienone is 4. The molecule has 1 aliphatic rings. The van der Waals surface area contributed by atoms with Gasteiger partial charge in [-0.1, -0.05) is 6.08 Å². The predicted octanol–water partition coefficient (Wildman–Crippen LogP) is 2.34. The molecular formula is C9H11F2NO. The standard InChI is InChI=1S/C9H11F2NO/c1-6-7(12-5-9(10)11)3-2-4-8(6)13/h2-4,6,9,13H,5H2,1H3/b12-7-. The lowest BCUT2D eigenvalue weighted by Gasteiger charge is -2.14. The Morgan fingerprint density at radius 2 is 2.31 bits per heavy atom. The van der Waals surface area contributed by atoms with Gasteiger partial charge in [-0.15, -0.1) is 0 Å². The second kappa shape index (κ2) is 4.16. The van der Waals surface area contributed by atoms with E-state index >= 15 is 0 Å². The maximum absolute atomic E-state index is 11.8. The minimum Gasteiger partial charge on any atom is -0.512 e. The van der Waals surface area contributed by atoms with Crippen LogP contribution in [0.2, 0.25) is 0 Å². The minimum absolute atomic E-state index is 0.163. The van der Waals surface area contributed by atoms with Gasteiger partial charge in [-0.05, 0) is 19.1 Å². The average Bonchev–Trinajstić information content (AvgIpc) is 2.07. The summed E-state index contributed by atoms with van der Waals surface area (Å²) < 4.78 is 23.6. The van der Waals surface area contributed by atoms with Gasteiger partial charge in [0.25, 0.3) is 6.43 Å². The van der Waals surface area contributed by atoms with E-state index in [1.807, 2.05) is 0 Å². The van der Waals surface area contributed by atoms with Gasteiger partial charge >= 0.3 is 0 Å². The Labute approximate surface area is 75.3 Å². The molecule has 72 valence electrons. The number of hydrogen-bond acceptors (Lipinski definition) is 2. The van der Waals surface area contributed by atoms with Crippen LogP contribution in [-0.4, -0.2) is 23.8 Å². The van der Waals surface area contributed by atoms with Crippen molar-refractivity contribution in [1.82, 2.24) is 0 Å². The Bertz CT molecular complexity index is 269. The summed E-state index contributed by atoms with van der Waals surface area (Å²) in [7, 11) is 0. The topological polar surface area (TPSA) is 32.6 Å². The van der Waals surface area contributed by atoms with E-state index in [0.717, 1.165) is 0 Å². The fourth-order valence-electron chi connectivity index (χ4n) is 1.05. The summed E-state index contributed by atoms with van der Waals surface area (Å²) in [5, 5.41) is 9.25. The number of aliphatic hydroxyl groups excluding tert-OH is 1. The highest BCUT2D eigenvalue weighted by atomic mass is 19.3. The van der Waals surface area contributed by atoms with Crippen molar-refractivity contribution in [3.05, 3.63) is 24.0 Å². The molecule has 0 amide bonds. The van der Waals surface area contributed by atoms with Gasteiger partial charge in [-0.2, -0.15) is 0 Å². The van der Waals surface area contributed by atoms with E-state index < -0.39 is 13.0 Å². The third-order valence-electron chi connectivity index (χ3n) is 1.83. The molecule has 0 saturated heterocycles. The molecule has 2 nitrogen and oxygen atoms in total. The first-order valence-corrected chi connectivity index (χ1v) is 4.01. The number of halogens is 2. The van der Waals surface area contributed by atoms with Crippen LogP contribution in [0.1, 0.15) is 6.92 Å². The van der Waals surface area contributed by atoms with Crippen LogP contribution in [0.3, 0.4) is 0 Å². The van der Waals surface area contributed by atoms with Crippen LogP contribution in [0.15, 0.2) is 29.0 Å². The molecule has 0 aliphatic heterocycles. The Morgan fingerprint density at radius 1 is 1.62 bits per heavy atom. The first kappa shape index (κ1) is 9.89. The molecule has 1 rings (SSSR count). The molecule has 13 heavy (non-hydrogen) atoms. The molecule has 0 saturated carbocycles. The number of nitrogens with zero attached hydrogens (tertiary/aromatic N) is 1. The average molecular weight is 187 g/mol. The van der Waals surface area contributed by atoms with E-state index in [9.17, 15) is 13.9 Å². The van der Waals surface area contributed by atoms with E-state index in [0.29, 0.717) is 5.71 Å². The summed E-state index contributed by atoms with van der Waals surface area (Å²) in [5.74, 6) is -0.112. The van der Waals surface area contributed by atoms with Crippen molar-refractivity contribution in [1.29, 1.82) is 0 Å². The van der Waals surface area contributed by atoms with Crippen molar-refractivity contribution < 1.29 is 13.9 Å². The Morgan fingerprint density at radius 3 is 2.92 bits per heavy atom. The molecule has 0 spiro atoms. The molecule has 0 bridgehead atoms. The van der Waals surface area contributed by atoms with E-state index in [1.165, 1.54) is 6.08 Å². The van der Waals surface area contributed by atoms with Crippen LogP contribution in [0.25, 0.3) is 0 Å². The highest BCUT2D eigenvalue weighted by Gasteiger charge is 2.15. The number of hydrogen-bond donors (Lipinski definition) is 1.